The smallest absolute Gasteiger partial charge is 1.00 e. The molecule has 4 nitrogen and oxygen atoms in total. The molecule has 19 heavy (non-hydrogen) atoms. The Morgan fingerprint density at radius 3 is 1.79 bits per heavy atom. The fraction of sp³-hybridized carbons (Fsp3) is 0.857. The van der Waals surface area contributed by atoms with Crippen molar-refractivity contribution < 1.29 is 22.7 Å². The summed E-state index contributed by atoms with van der Waals surface area (Å²) in [7, 11) is 0. The Balaban J connectivity index is -0.000000482. The molecule has 0 aromatic rings. The van der Waals surface area contributed by atoms with Gasteiger partial charge in [0.2, 0.25) is 0 Å². The second-order valence-corrected chi connectivity index (χ2v) is 5.25. The molecule has 0 aliphatic rings. The minimum atomic E-state index is -1.62. The van der Waals surface area contributed by atoms with E-state index in [1.807, 2.05) is 0 Å². The van der Waals surface area contributed by atoms with Crippen LogP contribution in [0.5, 0.6) is 0 Å². The molecule has 0 aromatic carbocycles. The van der Waals surface area contributed by atoms with Crippen LogP contribution in [0.1, 0.15) is 68.6 Å². The zero-order valence-corrected chi connectivity index (χ0v) is 16.9. The first-order valence-electron chi connectivity index (χ1n) is 6.86. The predicted octanol–water partition coefficient (Wildman–Crippen LogP) is 3.39. The Hall–Kier alpha value is 0.511. The zero-order chi connectivity index (χ0) is 14.2. The van der Waals surface area contributed by atoms with Gasteiger partial charge in [-0.3, -0.25) is 9.59 Å². The van der Waals surface area contributed by atoms with E-state index in [-0.39, 0.29) is 58.2 Å². The Morgan fingerprint density at radius 2 is 1.42 bits per heavy atom. The van der Waals surface area contributed by atoms with Crippen LogP contribution in [0.2, 0.25) is 0 Å². The van der Waals surface area contributed by atoms with Gasteiger partial charge in [-0.25, -0.2) is 0 Å². The van der Waals surface area contributed by atoms with E-state index in [2.05, 4.69) is 6.92 Å². The number of carboxylic acids is 2. The summed E-state index contributed by atoms with van der Waals surface area (Å²) in [6.45, 7) is 5.47. The summed E-state index contributed by atoms with van der Waals surface area (Å²) >= 11 is 0. The maximum Gasteiger partial charge on any atom is 2.00 e. The number of rotatable bonds is 10. The molecule has 0 aliphatic heterocycles. The van der Waals surface area contributed by atoms with E-state index in [0.29, 0.717) is 6.42 Å². The average molecular weight is 398 g/mol. The number of carbonyl (C=O) groups is 2. The van der Waals surface area contributed by atoms with Crippen LogP contribution in [0.25, 0.3) is 0 Å². The van der Waals surface area contributed by atoms with Gasteiger partial charge in [0.05, 0.1) is 0 Å². The van der Waals surface area contributed by atoms with Gasteiger partial charge in [-0.2, -0.15) is 0 Å². The number of aliphatic carboxylic acids is 2. The van der Waals surface area contributed by atoms with E-state index >= 15 is 0 Å². The van der Waals surface area contributed by atoms with E-state index in [1.165, 1.54) is 12.8 Å². The van der Waals surface area contributed by atoms with Gasteiger partial charge in [-0.15, -0.1) is 0 Å². The van der Waals surface area contributed by atoms with Crippen molar-refractivity contribution in [2.45, 2.75) is 65.7 Å². The summed E-state index contributed by atoms with van der Waals surface area (Å²) in [5.41, 5.74) is -1.62. The SMILES string of the molecule is CCCCCCCCC(C(=O)O)(C(=O)O)C(C)C.[Ba+2].[H-].[H-]. The number of carboxylic acid groups (broad SMARTS) is 2. The Kier molecular flexibility index (Phi) is 12.9. The molecule has 0 atom stereocenters. The first kappa shape index (κ1) is 21.8. The molecular weight excluding hydrogens is 369 g/mol. The Bertz CT molecular complexity index is 272. The maximum atomic E-state index is 11.3. The summed E-state index contributed by atoms with van der Waals surface area (Å²) in [6.07, 6.45) is 6.36. The fourth-order valence-electron chi connectivity index (χ4n) is 2.27. The summed E-state index contributed by atoms with van der Waals surface area (Å²) in [4.78, 5) is 22.6. The van der Waals surface area contributed by atoms with Gasteiger partial charge in [0, 0.05) is 0 Å². The number of unbranched alkanes of at least 4 members (excludes halogenated alkanes) is 5. The predicted molar refractivity (Wildman–Crippen MR) is 78.5 cm³/mol. The van der Waals surface area contributed by atoms with Crippen molar-refractivity contribution in [2.75, 3.05) is 0 Å². The van der Waals surface area contributed by atoms with Crippen molar-refractivity contribution in [3.05, 3.63) is 0 Å². The first-order valence-corrected chi connectivity index (χ1v) is 6.86. The van der Waals surface area contributed by atoms with Gasteiger partial charge in [0.25, 0.3) is 0 Å². The quantitative estimate of drug-likeness (QED) is 0.337. The van der Waals surface area contributed by atoms with Crippen LogP contribution in [0, 0.1) is 11.3 Å². The van der Waals surface area contributed by atoms with Crippen molar-refractivity contribution in [3.63, 3.8) is 0 Å². The van der Waals surface area contributed by atoms with Crippen LogP contribution in [0.3, 0.4) is 0 Å². The van der Waals surface area contributed by atoms with Gasteiger partial charge in [0.1, 0.15) is 0 Å². The second-order valence-electron chi connectivity index (χ2n) is 5.25. The summed E-state index contributed by atoms with van der Waals surface area (Å²) in [6, 6.07) is 0. The molecule has 0 aliphatic carbocycles. The Morgan fingerprint density at radius 1 is 1.00 bits per heavy atom. The van der Waals surface area contributed by atoms with Crippen molar-refractivity contribution in [1.29, 1.82) is 0 Å². The monoisotopic (exact) mass is 398 g/mol. The van der Waals surface area contributed by atoms with Crippen molar-refractivity contribution in [2.24, 2.45) is 11.3 Å². The van der Waals surface area contributed by atoms with Crippen LogP contribution in [-0.4, -0.2) is 71.0 Å². The van der Waals surface area contributed by atoms with Gasteiger partial charge < -0.3 is 13.1 Å². The Labute approximate surface area is 159 Å². The zero-order valence-electron chi connectivity index (χ0n) is 14.4. The number of hydrogen-bond donors (Lipinski definition) is 2. The van der Waals surface area contributed by atoms with Gasteiger partial charge in [-0.1, -0.05) is 59.3 Å². The van der Waals surface area contributed by atoms with Gasteiger partial charge in [0.15, 0.2) is 5.41 Å². The molecule has 0 fully saturated rings. The van der Waals surface area contributed by atoms with Gasteiger partial charge >= 0.3 is 60.8 Å². The third kappa shape index (κ3) is 6.67. The summed E-state index contributed by atoms with van der Waals surface area (Å²) in [5, 5.41) is 18.4. The molecule has 110 valence electrons. The average Bonchev–Trinajstić information content (AvgIpc) is 2.26. The molecule has 2 N–H and O–H groups in total. The molecule has 0 bridgehead atoms. The molecule has 0 spiro atoms. The van der Waals surface area contributed by atoms with E-state index in [0.717, 1.165) is 19.3 Å². The normalized spacial score (nSPS) is 11.2. The molecule has 0 aromatic heterocycles. The van der Waals surface area contributed by atoms with Crippen LogP contribution in [0.4, 0.5) is 0 Å². The van der Waals surface area contributed by atoms with E-state index in [1.54, 1.807) is 13.8 Å². The number of hydrogen-bond acceptors (Lipinski definition) is 2. The van der Waals surface area contributed by atoms with E-state index in [4.69, 9.17) is 0 Å². The molecule has 0 unspecified atom stereocenters. The van der Waals surface area contributed by atoms with E-state index < -0.39 is 23.3 Å². The molecular formula is C14H28BaO4. The first-order chi connectivity index (χ1) is 8.39. The summed E-state index contributed by atoms with van der Waals surface area (Å²) in [5.74, 6) is -2.82. The fourth-order valence-corrected chi connectivity index (χ4v) is 2.27. The third-order valence-electron chi connectivity index (χ3n) is 3.67. The molecule has 0 amide bonds. The van der Waals surface area contributed by atoms with Crippen LogP contribution >= 0.6 is 0 Å². The van der Waals surface area contributed by atoms with Crippen LogP contribution < -0.4 is 0 Å². The standard InChI is InChI=1S/C14H26O4.Ba.2H/c1-4-5-6-7-8-9-10-14(11(2)3,12(15)16)13(17)18;;;/h11H,4-10H2,1-3H3,(H,15,16)(H,17,18);;;/q;+2;2*-1. The van der Waals surface area contributed by atoms with Crippen molar-refractivity contribution in [3.8, 4) is 0 Å². The second kappa shape index (κ2) is 11.2. The minimum absolute atomic E-state index is 0. The molecule has 5 heteroatoms. The molecule has 0 saturated carbocycles. The van der Waals surface area contributed by atoms with Crippen LogP contribution in [-0.2, 0) is 9.59 Å². The van der Waals surface area contributed by atoms with Crippen molar-refractivity contribution >= 4 is 60.8 Å². The van der Waals surface area contributed by atoms with E-state index in [9.17, 15) is 19.8 Å². The molecule has 0 rings (SSSR count). The topological polar surface area (TPSA) is 74.6 Å². The molecule has 0 saturated heterocycles. The minimum Gasteiger partial charge on any atom is -1.00 e. The van der Waals surface area contributed by atoms with Crippen LogP contribution in [0.15, 0.2) is 0 Å². The third-order valence-corrected chi connectivity index (χ3v) is 3.67. The molecule has 0 radical (unpaired) electrons. The van der Waals surface area contributed by atoms with Gasteiger partial charge in [-0.05, 0) is 12.3 Å². The summed E-state index contributed by atoms with van der Waals surface area (Å²) < 4.78 is 0. The molecule has 0 heterocycles. The van der Waals surface area contributed by atoms with Crippen molar-refractivity contribution in [1.82, 2.24) is 0 Å². The maximum absolute atomic E-state index is 11.3. The largest absolute Gasteiger partial charge is 2.00 e.